The molecule has 1 aromatic carbocycles. The molecule has 3 rings (SSSR count). The van der Waals surface area contributed by atoms with Gasteiger partial charge in [-0.3, -0.25) is 9.36 Å². The molecule has 110 valence electrons. The summed E-state index contributed by atoms with van der Waals surface area (Å²) >= 11 is 1.43. The number of aromatic nitrogens is 2. The molecule has 7 heteroatoms. The summed E-state index contributed by atoms with van der Waals surface area (Å²) in [6.45, 7) is 1.76. The number of benzene rings is 1. The second-order valence-electron chi connectivity index (χ2n) is 4.95. The molecule has 0 aliphatic carbocycles. The van der Waals surface area contributed by atoms with Crippen molar-refractivity contribution in [2.45, 2.75) is 23.0 Å². The number of sulfone groups is 1. The first-order chi connectivity index (χ1) is 9.97. The van der Waals surface area contributed by atoms with E-state index in [1.54, 1.807) is 37.3 Å². The highest BCUT2D eigenvalue weighted by Gasteiger charge is 2.30. The molecule has 5 nitrogen and oxygen atoms in total. The van der Waals surface area contributed by atoms with Crippen LogP contribution in [0, 0.1) is 6.92 Å². The first-order valence-electron chi connectivity index (χ1n) is 6.48. The fourth-order valence-corrected chi connectivity index (χ4v) is 5.24. The monoisotopic (exact) mass is 322 g/mol. The van der Waals surface area contributed by atoms with Crippen LogP contribution in [0.1, 0.15) is 11.7 Å². The van der Waals surface area contributed by atoms with E-state index in [0.717, 1.165) is 0 Å². The zero-order chi connectivity index (χ0) is 15.0. The zero-order valence-electron chi connectivity index (χ0n) is 11.4. The van der Waals surface area contributed by atoms with Crippen LogP contribution in [0.3, 0.4) is 0 Å². The Labute approximate surface area is 127 Å². The van der Waals surface area contributed by atoms with Gasteiger partial charge in [0.25, 0.3) is 5.56 Å². The molecule has 2 aromatic rings. The molecule has 0 amide bonds. The Kier molecular flexibility index (Phi) is 3.62. The fraction of sp³-hybridized carbons (Fsp3) is 0.286. The van der Waals surface area contributed by atoms with Crippen LogP contribution in [0.25, 0.3) is 0 Å². The number of thioether (sulfide) groups is 1. The Morgan fingerprint density at radius 2 is 2.05 bits per heavy atom. The van der Waals surface area contributed by atoms with Crippen LogP contribution in [0.15, 0.2) is 51.2 Å². The van der Waals surface area contributed by atoms with Gasteiger partial charge in [0.05, 0.1) is 16.7 Å². The highest BCUT2D eigenvalue weighted by Crippen LogP contribution is 2.31. The van der Waals surface area contributed by atoms with Gasteiger partial charge < -0.3 is 0 Å². The molecule has 0 radical (unpaired) electrons. The summed E-state index contributed by atoms with van der Waals surface area (Å²) < 4.78 is 26.4. The van der Waals surface area contributed by atoms with Crippen molar-refractivity contribution in [1.29, 1.82) is 0 Å². The van der Waals surface area contributed by atoms with Crippen molar-refractivity contribution < 1.29 is 8.42 Å². The topological polar surface area (TPSA) is 69.0 Å². The third-order valence-corrected chi connectivity index (χ3v) is 6.24. The molecule has 0 bridgehead atoms. The summed E-state index contributed by atoms with van der Waals surface area (Å²) in [4.78, 5) is 16.7. The second-order valence-corrected chi connectivity index (χ2v) is 7.97. The third-order valence-electron chi connectivity index (χ3n) is 3.33. The van der Waals surface area contributed by atoms with Crippen molar-refractivity contribution in [3.63, 3.8) is 0 Å². The lowest BCUT2D eigenvalue weighted by Crippen LogP contribution is -2.29. The van der Waals surface area contributed by atoms with E-state index >= 15 is 0 Å². The van der Waals surface area contributed by atoms with Crippen LogP contribution < -0.4 is 5.56 Å². The summed E-state index contributed by atoms with van der Waals surface area (Å²) in [5, 5.41) is 0.605. The summed E-state index contributed by atoms with van der Waals surface area (Å²) in [6, 6.07) is 9.40. The lowest BCUT2D eigenvalue weighted by atomic mass is 10.3. The lowest BCUT2D eigenvalue weighted by Gasteiger charge is -2.13. The lowest BCUT2D eigenvalue weighted by molar-refractivity contribution is 0.525. The molecule has 21 heavy (non-hydrogen) atoms. The maximum absolute atomic E-state index is 12.4. The second kappa shape index (κ2) is 5.31. The van der Waals surface area contributed by atoms with Gasteiger partial charge in [0.15, 0.2) is 15.0 Å². The van der Waals surface area contributed by atoms with E-state index in [1.807, 2.05) is 0 Å². The van der Waals surface area contributed by atoms with E-state index < -0.39 is 9.84 Å². The first kappa shape index (κ1) is 14.3. The molecular formula is C14H14N2O3S2. The Balaban J connectivity index is 1.95. The van der Waals surface area contributed by atoms with Crippen molar-refractivity contribution >= 4 is 21.6 Å². The molecule has 0 spiro atoms. The van der Waals surface area contributed by atoms with Gasteiger partial charge in [0.1, 0.15) is 0 Å². The first-order valence-corrected chi connectivity index (χ1v) is 9.12. The van der Waals surface area contributed by atoms with Crippen molar-refractivity contribution in [2.24, 2.45) is 0 Å². The highest BCUT2D eigenvalue weighted by atomic mass is 32.2. The SMILES string of the molecule is Cc1cc(=O)n2c(n1)SC[C@@H]2CS(=O)(=O)c1ccccc1. The number of hydrogen-bond acceptors (Lipinski definition) is 5. The fourth-order valence-electron chi connectivity index (χ4n) is 2.36. The summed E-state index contributed by atoms with van der Waals surface area (Å²) in [5.41, 5.74) is 0.473. The quantitative estimate of drug-likeness (QED) is 0.804. The number of nitrogens with zero attached hydrogens (tertiary/aromatic N) is 2. The Bertz CT molecular complexity index is 829. The van der Waals surface area contributed by atoms with Crippen LogP contribution in [0.4, 0.5) is 0 Å². The van der Waals surface area contributed by atoms with E-state index in [2.05, 4.69) is 4.98 Å². The summed E-state index contributed by atoms with van der Waals surface area (Å²) in [5.74, 6) is 0.472. The maximum Gasteiger partial charge on any atom is 0.254 e. The van der Waals surface area contributed by atoms with E-state index in [0.29, 0.717) is 16.6 Å². The van der Waals surface area contributed by atoms with Gasteiger partial charge in [-0.15, -0.1) is 0 Å². The molecule has 0 fully saturated rings. The van der Waals surface area contributed by atoms with Gasteiger partial charge in [-0.25, -0.2) is 13.4 Å². The van der Waals surface area contributed by atoms with Gasteiger partial charge in [-0.05, 0) is 19.1 Å². The van der Waals surface area contributed by atoms with Gasteiger partial charge >= 0.3 is 0 Å². The predicted octanol–water partition coefficient (Wildman–Crippen LogP) is 1.67. The highest BCUT2D eigenvalue weighted by molar-refractivity contribution is 7.99. The molecule has 0 saturated carbocycles. The van der Waals surface area contributed by atoms with Gasteiger partial charge in [-0.1, -0.05) is 30.0 Å². The molecule has 0 saturated heterocycles. The van der Waals surface area contributed by atoms with Gasteiger partial charge in [0.2, 0.25) is 0 Å². The number of hydrogen-bond donors (Lipinski definition) is 0. The molecule has 2 heterocycles. The Hall–Kier alpha value is -1.60. The van der Waals surface area contributed by atoms with Crippen molar-refractivity contribution in [1.82, 2.24) is 9.55 Å². The molecule has 1 aliphatic rings. The third kappa shape index (κ3) is 2.75. The van der Waals surface area contributed by atoms with Gasteiger partial charge in [-0.2, -0.15) is 0 Å². The Morgan fingerprint density at radius 3 is 2.76 bits per heavy atom. The number of aryl methyl sites for hydroxylation is 1. The largest absolute Gasteiger partial charge is 0.283 e. The minimum Gasteiger partial charge on any atom is -0.283 e. The van der Waals surface area contributed by atoms with Crippen LogP contribution in [0.5, 0.6) is 0 Å². The molecule has 0 unspecified atom stereocenters. The standard InChI is InChI=1S/C14H14N2O3S2/c1-10-7-13(17)16-11(8-20-14(16)15-10)9-21(18,19)12-5-3-2-4-6-12/h2-7,11H,8-9H2,1H3/t11-/m1/s1. The summed E-state index contributed by atoms with van der Waals surface area (Å²) in [6.07, 6.45) is 0. The molecule has 1 aliphatic heterocycles. The van der Waals surface area contributed by atoms with Crippen molar-refractivity contribution in [3.05, 3.63) is 52.4 Å². The molecule has 0 N–H and O–H groups in total. The normalized spacial score (nSPS) is 17.7. The van der Waals surface area contributed by atoms with E-state index in [4.69, 9.17) is 0 Å². The summed E-state index contributed by atoms with van der Waals surface area (Å²) in [7, 11) is -3.41. The molecular weight excluding hydrogens is 308 g/mol. The van der Waals surface area contributed by atoms with E-state index in [-0.39, 0.29) is 22.2 Å². The number of rotatable bonds is 3. The minimum atomic E-state index is -3.41. The molecule has 1 aromatic heterocycles. The molecule has 1 atom stereocenters. The average molecular weight is 322 g/mol. The van der Waals surface area contributed by atoms with Gasteiger partial charge in [0, 0.05) is 17.5 Å². The van der Waals surface area contributed by atoms with Crippen LogP contribution in [-0.2, 0) is 9.84 Å². The predicted molar refractivity (Wildman–Crippen MR) is 81.5 cm³/mol. The number of fused-ring (bicyclic) bond motifs is 1. The van der Waals surface area contributed by atoms with Crippen LogP contribution >= 0.6 is 11.8 Å². The van der Waals surface area contributed by atoms with E-state index in [1.165, 1.54) is 22.4 Å². The van der Waals surface area contributed by atoms with Crippen molar-refractivity contribution in [3.8, 4) is 0 Å². The van der Waals surface area contributed by atoms with Crippen LogP contribution in [0.2, 0.25) is 0 Å². The average Bonchev–Trinajstić information content (AvgIpc) is 2.82. The smallest absolute Gasteiger partial charge is 0.254 e. The Morgan fingerprint density at radius 1 is 1.33 bits per heavy atom. The maximum atomic E-state index is 12.4. The zero-order valence-corrected chi connectivity index (χ0v) is 13.0. The van der Waals surface area contributed by atoms with E-state index in [9.17, 15) is 13.2 Å². The van der Waals surface area contributed by atoms with Crippen LogP contribution in [-0.4, -0.2) is 29.5 Å². The van der Waals surface area contributed by atoms with Crippen molar-refractivity contribution in [2.75, 3.05) is 11.5 Å². The minimum absolute atomic E-state index is 0.0817.